The van der Waals surface area contributed by atoms with Crippen LogP contribution in [0.15, 0.2) is 121 Å². The van der Waals surface area contributed by atoms with Gasteiger partial charge in [0.25, 0.3) is 23.6 Å². The number of imide groups is 2. The summed E-state index contributed by atoms with van der Waals surface area (Å²) in [7, 11) is 0. The van der Waals surface area contributed by atoms with Crippen LogP contribution in [0.2, 0.25) is 0 Å². The molecule has 5 aromatic carbocycles. The molecule has 0 fully saturated rings. The summed E-state index contributed by atoms with van der Waals surface area (Å²) in [6, 6.07) is 31.0. The average molecular weight is 713 g/mol. The first kappa shape index (κ1) is 34.9. The van der Waals surface area contributed by atoms with Crippen molar-refractivity contribution in [1.29, 1.82) is 0 Å². The molecule has 0 aromatic heterocycles. The molecule has 0 spiro atoms. The number of carbonyl (C=O) groups is 6. The molecule has 0 aliphatic carbocycles. The highest BCUT2D eigenvalue weighted by atomic mass is 16.7. The van der Waals surface area contributed by atoms with Gasteiger partial charge in [0.2, 0.25) is 0 Å². The molecule has 262 valence electrons. The molecule has 2 aliphatic rings. The largest absolute Gasteiger partial charge is 0.333 e. The third-order valence-corrected chi connectivity index (χ3v) is 8.66. The van der Waals surface area contributed by atoms with Gasteiger partial charge in [-0.3, -0.25) is 19.2 Å². The molecule has 2 aliphatic heterocycles. The summed E-state index contributed by atoms with van der Waals surface area (Å²) >= 11 is 0. The van der Waals surface area contributed by atoms with Crippen molar-refractivity contribution >= 4 is 57.1 Å². The third kappa shape index (κ3) is 7.69. The number of nitrogens with zero attached hydrogens (tertiary/aromatic N) is 2. The Balaban J connectivity index is 1.06. The number of hydrogen-bond donors (Lipinski definition) is 0. The molecule has 2 heterocycles. The van der Waals surface area contributed by atoms with Crippen LogP contribution >= 0.6 is 0 Å². The highest BCUT2D eigenvalue weighted by molar-refractivity contribution is 6.13. The Morgan fingerprint density at radius 1 is 0.444 bits per heavy atom. The van der Waals surface area contributed by atoms with Crippen molar-refractivity contribution in [3.05, 3.63) is 155 Å². The summed E-state index contributed by atoms with van der Waals surface area (Å²) in [5, 5.41) is 4.75. The molecule has 5 aromatic rings. The topological polar surface area (TPSA) is 127 Å². The van der Waals surface area contributed by atoms with Gasteiger partial charge in [-0.05, 0) is 69.8 Å². The van der Waals surface area contributed by atoms with Crippen molar-refractivity contribution in [3.63, 3.8) is 0 Å². The Hall–Kier alpha value is -7.56. The lowest BCUT2D eigenvalue weighted by Gasteiger charge is -2.12. The summed E-state index contributed by atoms with van der Waals surface area (Å²) in [5.41, 5.74) is 5.06. The lowest BCUT2D eigenvalue weighted by atomic mass is 9.91. The van der Waals surface area contributed by atoms with E-state index in [1.807, 2.05) is 97.1 Å². The molecule has 0 bridgehead atoms. The van der Waals surface area contributed by atoms with Crippen LogP contribution in [0.5, 0.6) is 0 Å². The van der Waals surface area contributed by atoms with Crippen LogP contribution in [0.25, 0.3) is 21.5 Å². The highest BCUT2D eigenvalue weighted by Crippen LogP contribution is 2.32. The Kier molecular flexibility index (Phi) is 9.92. The fourth-order valence-electron chi connectivity index (χ4n) is 5.92. The molecule has 0 saturated carbocycles. The molecule has 0 radical (unpaired) electrons. The van der Waals surface area contributed by atoms with Crippen LogP contribution in [0.4, 0.5) is 0 Å². The Labute approximate surface area is 309 Å². The summed E-state index contributed by atoms with van der Waals surface area (Å²) in [6.07, 6.45) is 4.90. The molecule has 0 saturated heterocycles. The number of fused-ring (bicyclic) bond motifs is 2. The first-order valence-corrected chi connectivity index (χ1v) is 16.9. The molecular weight excluding hydrogens is 684 g/mol. The molecular formula is C44H28N2O8. The third-order valence-electron chi connectivity index (χ3n) is 8.66. The van der Waals surface area contributed by atoms with Gasteiger partial charge in [0, 0.05) is 46.6 Å². The normalized spacial score (nSPS) is 13.3. The van der Waals surface area contributed by atoms with Crippen molar-refractivity contribution in [2.45, 2.75) is 25.7 Å². The van der Waals surface area contributed by atoms with Crippen LogP contribution in [0.1, 0.15) is 46.2 Å². The van der Waals surface area contributed by atoms with Gasteiger partial charge < -0.3 is 9.68 Å². The van der Waals surface area contributed by atoms with E-state index in [1.165, 1.54) is 0 Å². The fraction of sp³-hybridized carbons (Fsp3) is 0.0909. The maximum atomic E-state index is 12.2. The monoisotopic (exact) mass is 712 g/mol. The van der Waals surface area contributed by atoms with E-state index in [1.54, 1.807) is 0 Å². The second kappa shape index (κ2) is 15.4. The van der Waals surface area contributed by atoms with Crippen LogP contribution in [-0.2, 0) is 51.3 Å². The van der Waals surface area contributed by atoms with Gasteiger partial charge in [-0.15, -0.1) is 0 Å². The maximum Gasteiger partial charge on any atom is 0.333 e. The van der Waals surface area contributed by atoms with E-state index in [-0.39, 0.29) is 12.8 Å². The molecule has 7 rings (SSSR count). The van der Waals surface area contributed by atoms with Gasteiger partial charge in [-0.25, -0.2) is 9.59 Å². The van der Waals surface area contributed by atoms with Gasteiger partial charge in [0.15, 0.2) is 0 Å². The maximum absolute atomic E-state index is 12.2. The predicted octanol–water partition coefficient (Wildman–Crippen LogP) is 5.42. The zero-order valence-corrected chi connectivity index (χ0v) is 28.5. The molecule has 10 nitrogen and oxygen atoms in total. The zero-order valence-electron chi connectivity index (χ0n) is 28.5. The predicted molar refractivity (Wildman–Crippen MR) is 197 cm³/mol. The van der Waals surface area contributed by atoms with Crippen molar-refractivity contribution < 1.29 is 38.4 Å². The number of rotatable bonds is 8. The van der Waals surface area contributed by atoms with E-state index >= 15 is 0 Å². The van der Waals surface area contributed by atoms with E-state index in [0.717, 1.165) is 79.2 Å². The summed E-state index contributed by atoms with van der Waals surface area (Å²) in [6.45, 7) is 0. The minimum absolute atomic E-state index is 0.00821. The number of benzene rings is 5. The fourth-order valence-corrected chi connectivity index (χ4v) is 5.92. The number of amides is 4. The zero-order chi connectivity index (χ0) is 37.6. The lowest BCUT2D eigenvalue weighted by molar-refractivity contribution is -0.196. The van der Waals surface area contributed by atoms with Crippen molar-refractivity contribution in [2.75, 3.05) is 0 Å². The molecule has 0 atom stereocenters. The Morgan fingerprint density at radius 2 is 0.759 bits per heavy atom. The standard InChI is InChI=1S/C44H28N2O8/c47-39-23-24-40(48)45(39)53-43(51)27-19-31-13-9-29(10-14-31)17-21-37-33-5-1-2-6-34(33)38(36-8-4-3-7-35(36)37)22-18-30-11-15-32(16-12-30)20-28-44(52)54-46-41(49)25-26-42(46)50/h1-16,23-26H,19-20,27-28H2. The summed E-state index contributed by atoms with van der Waals surface area (Å²) in [4.78, 5) is 80.7. The van der Waals surface area contributed by atoms with Gasteiger partial charge >= 0.3 is 11.9 Å². The van der Waals surface area contributed by atoms with E-state index < -0.39 is 35.6 Å². The van der Waals surface area contributed by atoms with Gasteiger partial charge in [-0.1, -0.05) is 107 Å². The SMILES string of the molecule is O=C(CCc1ccc(C#Cc2c3ccccc3c(C#Cc3ccc(CCC(=O)ON4C(=O)C=CC4=O)cc3)c3ccccc23)cc1)ON1C(=O)C=CC1=O. The minimum atomic E-state index is -0.684. The van der Waals surface area contributed by atoms with Gasteiger partial charge in [-0.2, -0.15) is 0 Å². The van der Waals surface area contributed by atoms with E-state index in [2.05, 4.69) is 23.7 Å². The van der Waals surface area contributed by atoms with Crippen LogP contribution in [0, 0.1) is 23.7 Å². The van der Waals surface area contributed by atoms with E-state index in [0.29, 0.717) is 23.0 Å². The van der Waals surface area contributed by atoms with Crippen molar-refractivity contribution in [3.8, 4) is 23.7 Å². The molecule has 0 unspecified atom stereocenters. The Morgan fingerprint density at radius 3 is 1.07 bits per heavy atom. The average Bonchev–Trinajstić information content (AvgIpc) is 3.68. The lowest BCUT2D eigenvalue weighted by Crippen LogP contribution is -2.32. The van der Waals surface area contributed by atoms with Gasteiger partial charge in [0.1, 0.15) is 0 Å². The quantitative estimate of drug-likeness (QED) is 0.119. The first-order valence-electron chi connectivity index (χ1n) is 16.9. The summed E-state index contributed by atoms with van der Waals surface area (Å²) < 4.78 is 0. The van der Waals surface area contributed by atoms with E-state index in [9.17, 15) is 28.8 Å². The van der Waals surface area contributed by atoms with Crippen LogP contribution < -0.4 is 0 Å². The highest BCUT2D eigenvalue weighted by Gasteiger charge is 2.28. The first-order chi connectivity index (χ1) is 26.2. The van der Waals surface area contributed by atoms with Crippen molar-refractivity contribution in [1.82, 2.24) is 10.1 Å². The molecule has 0 N–H and O–H groups in total. The van der Waals surface area contributed by atoms with E-state index in [4.69, 9.17) is 9.68 Å². The van der Waals surface area contributed by atoms with Crippen LogP contribution in [0.3, 0.4) is 0 Å². The van der Waals surface area contributed by atoms with Crippen molar-refractivity contribution in [2.24, 2.45) is 0 Å². The number of aryl methyl sites for hydroxylation is 2. The number of hydrogen-bond acceptors (Lipinski definition) is 8. The smallest absolute Gasteiger partial charge is 0.330 e. The Bertz CT molecular complexity index is 2310. The van der Waals surface area contributed by atoms with Crippen LogP contribution in [-0.4, -0.2) is 45.7 Å². The molecule has 10 heteroatoms. The number of hydroxylamine groups is 4. The minimum Gasteiger partial charge on any atom is -0.330 e. The number of carbonyl (C=O) groups excluding carboxylic acids is 6. The second-order valence-corrected chi connectivity index (χ2v) is 12.3. The molecule has 54 heavy (non-hydrogen) atoms. The summed E-state index contributed by atoms with van der Waals surface area (Å²) in [5.74, 6) is 9.27. The van der Waals surface area contributed by atoms with Gasteiger partial charge in [0.05, 0.1) is 12.8 Å². The second-order valence-electron chi connectivity index (χ2n) is 12.3. The molecule has 4 amide bonds.